The predicted octanol–water partition coefficient (Wildman–Crippen LogP) is 3.11. The molecule has 0 radical (unpaired) electrons. The van der Waals surface area contributed by atoms with Crippen molar-refractivity contribution in [1.29, 1.82) is 0 Å². The van der Waals surface area contributed by atoms with Crippen LogP contribution in [0.1, 0.15) is 24.0 Å². The summed E-state index contributed by atoms with van der Waals surface area (Å²) in [6.07, 6.45) is -4.63. The first kappa shape index (κ1) is 16.5. The van der Waals surface area contributed by atoms with Crippen molar-refractivity contribution in [3.05, 3.63) is 35.4 Å². The Morgan fingerprint density at radius 3 is 2.20 bits per heavy atom. The molecule has 0 aliphatic rings. The fourth-order valence-electron chi connectivity index (χ4n) is 1.71. The molecule has 0 saturated carbocycles. The van der Waals surface area contributed by atoms with Crippen LogP contribution in [0.15, 0.2) is 24.3 Å². The maximum atomic E-state index is 12.6. The van der Waals surface area contributed by atoms with Gasteiger partial charge in [-0.15, -0.1) is 0 Å². The first-order valence-electron chi connectivity index (χ1n) is 5.30. The Labute approximate surface area is 120 Å². The number of hydrogen-bond acceptors (Lipinski definition) is 2. The van der Waals surface area contributed by atoms with Gasteiger partial charge >= 0.3 is 18.1 Å². The zero-order valence-corrected chi connectivity index (χ0v) is 11.7. The molecular weight excluding hydrogens is 345 g/mol. The largest absolute Gasteiger partial charge is 0.481 e. The van der Waals surface area contributed by atoms with Crippen molar-refractivity contribution in [1.82, 2.24) is 0 Å². The molecule has 8 heteroatoms. The number of aliphatic carboxylic acids is 2. The molecule has 0 fully saturated rings. The molecule has 20 heavy (non-hydrogen) atoms. The summed E-state index contributed by atoms with van der Waals surface area (Å²) in [7, 11) is 0. The number of carboxylic acid groups (broad SMARTS) is 2. The van der Waals surface area contributed by atoms with E-state index in [-0.39, 0.29) is 5.56 Å². The number of halogens is 4. The fourth-order valence-corrected chi connectivity index (χ4v) is 2.17. The van der Waals surface area contributed by atoms with E-state index in [4.69, 9.17) is 10.2 Å². The van der Waals surface area contributed by atoms with Gasteiger partial charge in [0.2, 0.25) is 0 Å². The van der Waals surface area contributed by atoms with E-state index < -0.39 is 33.9 Å². The van der Waals surface area contributed by atoms with Crippen LogP contribution in [0.3, 0.4) is 0 Å². The Bertz CT molecular complexity index is 540. The number of hydrogen-bond donors (Lipinski definition) is 2. The molecule has 2 unspecified atom stereocenters. The highest BCUT2D eigenvalue weighted by molar-refractivity contribution is 9.10. The lowest BCUT2D eigenvalue weighted by Gasteiger charge is -2.26. The second kappa shape index (κ2) is 5.43. The van der Waals surface area contributed by atoms with Gasteiger partial charge in [0.25, 0.3) is 0 Å². The molecule has 0 saturated heterocycles. The van der Waals surface area contributed by atoms with Crippen molar-refractivity contribution in [2.75, 3.05) is 0 Å². The van der Waals surface area contributed by atoms with Crippen molar-refractivity contribution in [2.24, 2.45) is 0 Å². The summed E-state index contributed by atoms with van der Waals surface area (Å²) in [6, 6.07) is 3.62. The fraction of sp³-hybridized carbons (Fsp3) is 0.333. The quantitative estimate of drug-likeness (QED) is 0.814. The minimum Gasteiger partial charge on any atom is -0.481 e. The lowest BCUT2D eigenvalue weighted by atomic mass is 9.86. The Hall–Kier alpha value is -1.57. The van der Waals surface area contributed by atoms with E-state index in [1.165, 1.54) is 0 Å². The molecule has 2 atom stereocenters. The van der Waals surface area contributed by atoms with E-state index in [0.717, 1.165) is 25.1 Å². The second-order valence-corrected chi connectivity index (χ2v) is 5.92. The molecule has 0 aromatic heterocycles. The van der Waals surface area contributed by atoms with Crippen LogP contribution in [0.5, 0.6) is 0 Å². The van der Waals surface area contributed by atoms with Gasteiger partial charge in [-0.25, -0.2) is 0 Å². The van der Waals surface area contributed by atoms with Gasteiger partial charge in [-0.2, -0.15) is 13.2 Å². The summed E-state index contributed by atoms with van der Waals surface area (Å²) >= 11 is 2.76. The zero-order chi connectivity index (χ0) is 15.7. The standard InChI is InChI=1S/C12H10BrF3O4/c1-11(13,10(19)20)8(9(17)18)6-3-2-4-7(5-6)12(14,15)16/h2-5,8H,1H3,(H,17,18)(H,19,20). The molecule has 0 heterocycles. The first-order chi connectivity index (χ1) is 8.98. The summed E-state index contributed by atoms with van der Waals surface area (Å²) in [6.45, 7) is 1.08. The third-order valence-electron chi connectivity index (χ3n) is 2.75. The molecular formula is C12H10BrF3O4. The van der Waals surface area contributed by atoms with Crippen molar-refractivity contribution in [3.63, 3.8) is 0 Å². The summed E-state index contributed by atoms with van der Waals surface area (Å²) in [5.41, 5.74) is -1.27. The van der Waals surface area contributed by atoms with Crippen LogP contribution in [-0.4, -0.2) is 26.5 Å². The van der Waals surface area contributed by atoms with Crippen LogP contribution >= 0.6 is 15.9 Å². The van der Waals surface area contributed by atoms with Crippen LogP contribution in [0.25, 0.3) is 0 Å². The van der Waals surface area contributed by atoms with E-state index in [9.17, 15) is 22.8 Å². The van der Waals surface area contributed by atoms with E-state index in [2.05, 4.69) is 15.9 Å². The molecule has 0 bridgehead atoms. The van der Waals surface area contributed by atoms with Gasteiger partial charge in [0.05, 0.1) is 5.56 Å². The zero-order valence-electron chi connectivity index (χ0n) is 10.1. The average molecular weight is 355 g/mol. The molecule has 0 aliphatic heterocycles. The monoisotopic (exact) mass is 354 g/mol. The van der Waals surface area contributed by atoms with Crippen molar-refractivity contribution in [3.8, 4) is 0 Å². The molecule has 1 aromatic rings. The van der Waals surface area contributed by atoms with Gasteiger partial charge in [-0.3, -0.25) is 9.59 Å². The third-order valence-corrected chi connectivity index (χ3v) is 3.55. The number of alkyl halides is 4. The van der Waals surface area contributed by atoms with E-state index >= 15 is 0 Å². The van der Waals surface area contributed by atoms with Gasteiger partial charge in [-0.05, 0) is 18.6 Å². The highest BCUT2D eigenvalue weighted by Gasteiger charge is 2.45. The van der Waals surface area contributed by atoms with Gasteiger partial charge < -0.3 is 10.2 Å². The van der Waals surface area contributed by atoms with E-state index in [0.29, 0.717) is 6.07 Å². The predicted molar refractivity (Wildman–Crippen MR) is 66.8 cm³/mol. The number of rotatable bonds is 4. The third kappa shape index (κ3) is 3.30. The molecule has 1 rings (SSSR count). The molecule has 1 aromatic carbocycles. The van der Waals surface area contributed by atoms with Crippen molar-refractivity contribution < 1.29 is 33.0 Å². The topological polar surface area (TPSA) is 74.6 Å². The highest BCUT2D eigenvalue weighted by Crippen LogP contribution is 2.38. The van der Waals surface area contributed by atoms with Gasteiger partial charge in [0.1, 0.15) is 10.2 Å². The molecule has 0 spiro atoms. The van der Waals surface area contributed by atoms with Crippen LogP contribution < -0.4 is 0 Å². The SMILES string of the molecule is CC(Br)(C(=O)O)C(C(=O)O)c1cccc(C(F)(F)F)c1. The van der Waals surface area contributed by atoms with Crippen LogP contribution in [-0.2, 0) is 15.8 Å². The lowest BCUT2D eigenvalue weighted by Crippen LogP contribution is -2.39. The number of carbonyl (C=O) groups is 2. The van der Waals surface area contributed by atoms with Gasteiger partial charge in [-0.1, -0.05) is 34.1 Å². The van der Waals surface area contributed by atoms with Crippen molar-refractivity contribution in [2.45, 2.75) is 23.3 Å². The second-order valence-electron chi connectivity index (χ2n) is 4.28. The van der Waals surface area contributed by atoms with Crippen molar-refractivity contribution >= 4 is 27.9 Å². The molecule has 0 amide bonds. The number of carboxylic acids is 2. The summed E-state index contributed by atoms with van der Waals surface area (Å²) in [5.74, 6) is -4.68. The highest BCUT2D eigenvalue weighted by atomic mass is 79.9. The average Bonchev–Trinajstić information content (AvgIpc) is 2.27. The Kier molecular flexibility index (Phi) is 4.48. The Balaban J connectivity index is 3.38. The van der Waals surface area contributed by atoms with Gasteiger partial charge in [0, 0.05) is 0 Å². The molecule has 0 aliphatic carbocycles. The summed E-state index contributed by atoms with van der Waals surface area (Å²) in [5, 5.41) is 18.1. The minimum atomic E-state index is -4.63. The maximum absolute atomic E-state index is 12.6. The Morgan fingerprint density at radius 2 is 1.80 bits per heavy atom. The smallest absolute Gasteiger partial charge is 0.416 e. The number of benzene rings is 1. The summed E-state index contributed by atoms with van der Waals surface area (Å²) in [4.78, 5) is 22.3. The lowest BCUT2D eigenvalue weighted by molar-refractivity contribution is -0.147. The normalized spacial score (nSPS) is 16.2. The maximum Gasteiger partial charge on any atom is 0.416 e. The van der Waals surface area contributed by atoms with Crippen LogP contribution in [0, 0.1) is 0 Å². The van der Waals surface area contributed by atoms with E-state index in [1.807, 2.05) is 0 Å². The first-order valence-corrected chi connectivity index (χ1v) is 6.09. The minimum absolute atomic E-state index is 0.242. The van der Waals surface area contributed by atoms with Gasteiger partial charge in [0.15, 0.2) is 0 Å². The Morgan fingerprint density at radius 1 is 1.25 bits per heavy atom. The molecule has 4 nitrogen and oxygen atoms in total. The molecule has 2 N–H and O–H groups in total. The summed E-state index contributed by atoms with van der Waals surface area (Å²) < 4.78 is 35.9. The van der Waals surface area contributed by atoms with Crippen LogP contribution in [0.2, 0.25) is 0 Å². The van der Waals surface area contributed by atoms with E-state index in [1.54, 1.807) is 0 Å². The van der Waals surface area contributed by atoms with Crippen LogP contribution in [0.4, 0.5) is 13.2 Å². The molecule has 110 valence electrons.